The molecule has 114 valence electrons. The molecule has 0 spiro atoms. The summed E-state index contributed by atoms with van der Waals surface area (Å²) in [6, 6.07) is 9.20. The van der Waals surface area contributed by atoms with E-state index in [0.29, 0.717) is 5.75 Å². The average molecular weight is 301 g/mol. The Morgan fingerprint density at radius 3 is 2.41 bits per heavy atom. The molecule has 0 heterocycles. The summed E-state index contributed by atoms with van der Waals surface area (Å²) < 4.78 is 10.1. The Labute approximate surface area is 127 Å². The Balaban J connectivity index is 2.27. The lowest BCUT2D eigenvalue weighted by atomic mass is 10.1. The van der Waals surface area contributed by atoms with Crippen LogP contribution in [0.4, 0.5) is 5.69 Å². The van der Waals surface area contributed by atoms with Crippen LogP contribution in [-0.4, -0.2) is 18.0 Å². The van der Waals surface area contributed by atoms with Crippen LogP contribution >= 0.6 is 0 Å². The molecular formula is C16H15NO5. The third-order valence-corrected chi connectivity index (χ3v) is 3.30. The number of methoxy groups -OCH3 is 1. The summed E-state index contributed by atoms with van der Waals surface area (Å²) in [5.41, 5.74) is 1.88. The van der Waals surface area contributed by atoms with Gasteiger partial charge in [-0.05, 0) is 49.2 Å². The molecule has 22 heavy (non-hydrogen) atoms. The second-order valence-corrected chi connectivity index (χ2v) is 4.78. The molecule has 0 aromatic heterocycles. The predicted octanol–water partition coefficient (Wildman–Crippen LogP) is 3.44. The summed E-state index contributed by atoms with van der Waals surface area (Å²) in [5, 5.41) is 11.0. The van der Waals surface area contributed by atoms with Crippen LogP contribution in [0.1, 0.15) is 21.5 Å². The van der Waals surface area contributed by atoms with Crippen molar-refractivity contribution >= 4 is 11.7 Å². The third kappa shape index (κ3) is 3.22. The van der Waals surface area contributed by atoms with Gasteiger partial charge in [0.1, 0.15) is 5.75 Å². The van der Waals surface area contributed by atoms with E-state index < -0.39 is 10.9 Å². The molecule has 0 amide bonds. The minimum Gasteiger partial charge on any atom is -0.490 e. The number of aryl methyl sites for hydroxylation is 2. The van der Waals surface area contributed by atoms with E-state index in [1.54, 1.807) is 12.1 Å². The zero-order valence-electron chi connectivity index (χ0n) is 12.5. The number of benzene rings is 2. The summed E-state index contributed by atoms with van der Waals surface area (Å²) >= 11 is 0. The molecule has 6 heteroatoms. The maximum atomic E-state index is 12.1. The van der Waals surface area contributed by atoms with E-state index in [0.717, 1.165) is 17.2 Å². The maximum Gasteiger partial charge on any atom is 0.343 e. The molecule has 0 N–H and O–H groups in total. The molecule has 0 unspecified atom stereocenters. The second kappa shape index (κ2) is 6.26. The molecule has 2 aromatic carbocycles. The van der Waals surface area contributed by atoms with Crippen molar-refractivity contribution in [3.05, 3.63) is 63.2 Å². The lowest BCUT2D eigenvalue weighted by Gasteiger charge is -2.07. The highest BCUT2D eigenvalue weighted by molar-refractivity contribution is 5.92. The molecule has 0 aliphatic heterocycles. The highest BCUT2D eigenvalue weighted by atomic mass is 16.6. The highest BCUT2D eigenvalue weighted by Gasteiger charge is 2.19. The van der Waals surface area contributed by atoms with Gasteiger partial charge in [0.15, 0.2) is 5.75 Å². The van der Waals surface area contributed by atoms with Gasteiger partial charge in [-0.15, -0.1) is 0 Å². The highest BCUT2D eigenvalue weighted by Crippen LogP contribution is 2.28. The van der Waals surface area contributed by atoms with E-state index in [2.05, 4.69) is 0 Å². The monoisotopic (exact) mass is 301 g/mol. The van der Waals surface area contributed by atoms with E-state index in [1.807, 2.05) is 19.9 Å². The number of nitro groups is 1. The maximum absolute atomic E-state index is 12.1. The van der Waals surface area contributed by atoms with Gasteiger partial charge >= 0.3 is 11.7 Å². The van der Waals surface area contributed by atoms with E-state index in [9.17, 15) is 14.9 Å². The van der Waals surface area contributed by atoms with Crippen molar-refractivity contribution in [1.82, 2.24) is 0 Å². The molecule has 0 saturated carbocycles. The van der Waals surface area contributed by atoms with E-state index >= 15 is 0 Å². The summed E-state index contributed by atoms with van der Waals surface area (Å²) in [7, 11) is 1.33. The largest absolute Gasteiger partial charge is 0.490 e. The Bertz CT molecular complexity index is 739. The fourth-order valence-electron chi connectivity index (χ4n) is 1.90. The third-order valence-electron chi connectivity index (χ3n) is 3.30. The van der Waals surface area contributed by atoms with Gasteiger partial charge in [0.2, 0.25) is 0 Å². The summed E-state index contributed by atoms with van der Waals surface area (Å²) in [6.45, 7) is 3.86. The smallest absolute Gasteiger partial charge is 0.343 e. The molecule has 0 saturated heterocycles. The van der Waals surface area contributed by atoms with Gasteiger partial charge in [-0.3, -0.25) is 10.1 Å². The van der Waals surface area contributed by atoms with Gasteiger partial charge in [-0.25, -0.2) is 4.79 Å². The van der Waals surface area contributed by atoms with Crippen molar-refractivity contribution in [2.24, 2.45) is 0 Å². The van der Waals surface area contributed by atoms with Crippen LogP contribution in [0.25, 0.3) is 0 Å². The van der Waals surface area contributed by atoms with Crippen molar-refractivity contribution in [3.8, 4) is 11.5 Å². The first-order valence-electron chi connectivity index (χ1n) is 6.54. The van der Waals surface area contributed by atoms with Crippen molar-refractivity contribution < 1.29 is 19.2 Å². The molecular weight excluding hydrogens is 286 g/mol. The van der Waals surface area contributed by atoms with Crippen molar-refractivity contribution in [2.45, 2.75) is 13.8 Å². The molecule has 0 bridgehead atoms. The van der Waals surface area contributed by atoms with Crippen molar-refractivity contribution in [3.63, 3.8) is 0 Å². The molecule has 2 rings (SSSR count). The first kappa shape index (κ1) is 15.5. The van der Waals surface area contributed by atoms with Gasteiger partial charge in [-0.1, -0.05) is 6.07 Å². The Morgan fingerprint density at radius 1 is 1.09 bits per heavy atom. The molecule has 0 radical (unpaired) electrons. The van der Waals surface area contributed by atoms with Gasteiger partial charge in [0.25, 0.3) is 0 Å². The Kier molecular flexibility index (Phi) is 4.41. The molecule has 0 fully saturated rings. The van der Waals surface area contributed by atoms with E-state index in [-0.39, 0.29) is 17.0 Å². The number of hydrogen-bond donors (Lipinski definition) is 0. The van der Waals surface area contributed by atoms with Crippen molar-refractivity contribution in [1.29, 1.82) is 0 Å². The Hall–Kier alpha value is -2.89. The second-order valence-electron chi connectivity index (χ2n) is 4.78. The summed E-state index contributed by atoms with van der Waals surface area (Å²) in [6.07, 6.45) is 0. The number of carbonyl (C=O) groups excluding carboxylic acids is 1. The van der Waals surface area contributed by atoms with Crippen LogP contribution in [0.2, 0.25) is 0 Å². The van der Waals surface area contributed by atoms with E-state index in [4.69, 9.17) is 9.47 Å². The lowest BCUT2D eigenvalue weighted by Crippen LogP contribution is -2.09. The van der Waals surface area contributed by atoms with E-state index in [1.165, 1.54) is 19.2 Å². The minimum atomic E-state index is -0.658. The number of esters is 1. The SMILES string of the molecule is COc1ccc(C(=O)Oc2ccc(C)c(C)c2)cc1[N+](=O)[O-]. The molecule has 2 aromatic rings. The number of hydrogen-bond acceptors (Lipinski definition) is 5. The van der Waals surface area contributed by atoms with Crippen LogP contribution in [-0.2, 0) is 0 Å². The first-order chi connectivity index (χ1) is 10.4. The minimum absolute atomic E-state index is 0.0886. The number of rotatable bonds is 4. The summed E-state index contributed by atoms with van der Waals surface area (Å²) in [4.78, 5) is 22.5. The van der Waals surface area contributed by atoms with Gasteiger partial charge < -0.3 is 9.47 Å². The first-order valence-corrected chi connectivity index (χ1v) is 6.54. The standard InChI is InChI=1S/C16H15NO5/c1-10-4-6-13(8-11(10)2)22-16(18)12-5-7-15(21-3)14(9-12)17(19)20/h4-9H,1-3H3. The zero-order chi connectivity index (χ0) is 16.3. The molecule has 6 nitrogen and oxygen atoms in total. The van der Waals surface area contributed by atoms with Crippen LogP contribution in [0.3, 0.4) is 0 Å². The topological polar surface area (TPSA) is 78.7 Å². The summed E-state index contributed by atoms with van der Waals surface area (Å²) in [5.74, 6) is -0.173. The van der Waals surface area contributed by atoms with Crippen LogP contribution in [0.5, 0.6) is 11.5 Å². The molecule has 0 atom stereocenters. The molecule has 0 aliphatic carbocycles. The van der Waals surface area contributed by atoms with Gasteiger partial charge in [-0.2, -0.15) is 0 Å². The number of ether oxygens (including phenoxy) is 2. The van der Waals surface area contributed by atoms with Crippen LogP contribution in [0, 0.1) is 24.0 Å². The van der Waals surface area contributed by atoms with Crippen LogP contribution in [0.15, 0.2) is 36.4 Å². The number of carbonyl (C=O) groups is 1. The quantitative estimate of drug-likeness (QED) is 0.374. The lowest BCUT2D eigenvalue weighted by molar-refractivity contribution is -0.385. The molecule has 0 aliphatic rings. The average Bonchev–Trinajstić information content (AvgIpc) is 2.50. The van der Waals surface area contributed by atoms with Gasteiger partial charge in [0, 0.05) is 6.07 Å². The predicted molar refractivity (Wildman–Crippen MR) is 80.5 cm³/mol. The van der Waals surface area contributed by atoms with Crippen molar-refractivity contribution in [2.75, 3.05) is 7.11 Å². The Morgan fingerprint density at radius 2 is 1.82 bits per heavy atom. The zero-order valence-corrected chi connectivity index (χ0v) is 12.5. The fourth-order valence-corrected chi connectivity index (χ4v) is 1.90. The van der Waals surface area contributed by atoms with Gasteiger partial charge in [0.05, 0.1) is 17.6 Å². The normalized spacial score (nSPS) is 10.1. The van der Waals surface area contributed by atoms with Crippen LogP contribution < -0.4 is 9.47 Å². The number of nitro benzene ring substituents is 1. The number of nitrogens with zero attached hydrogens (tertiary/aromatic N) is 1. The fraction of sp³-hybridized carbons (Fsp3) is 0.188.